The Kier molecular flexibility index (Phi) is 7.27. The first-order valence-electron chi connectivity index (χ1n) is 8.74. The monoisotopic (exact) mass is 333 g/mol. The Morgan fingerprint density at radius 3 is 2.08 bits per heavy atom. The van der Waals surface area contributed by atoms with Crippen molar-refractivity contribution in [2.45, 2.75) is 53.1 Å². The highest BCUT2D eigenvalue weighted by molar-refractivity contribution is 5.75. The number of rotatable bonds is 7. The Balaban J connectivity index is 2.79. The van der Waals surface area contributed by atoms with Crippen LogP contribution in [-0.4, -0.2) is 48.6 Å². The molecule has 0 radical (unpaired) electrons. The van der Waals surface area contributed by atoms with Gasteiger partial charge in [0, 0.05) is 25.2 Å². The number of nitrogens with one attached hydrogen (secondary N) is 1. The molecule has 0 aliphatic rings. The highest BCUT2D eigenvalue weighted by Crippen LogP contribution is 2.27. The highest BCUT2D eigenvalue weighted by Gasteiger charge is 2.28. The molecule has 0 bridgehead atoms. The molecule has 0 fully saturated rings. The lowest BCUT2D eigenvalue weighted by molar-refractivity contribution is 0.167. The van der Waals surface area contributed by atoms with Gasteiger partial charge in [-0.05, 0) is 45.3 Å². The van der Waals surface area contributed by atoms with Gasteiger partial charge in [-0.1, -0.05) is 51.1 Å². The Labute approximate surface area is 148 Å². The van der Waals surface area contributed by atoms with Gasteiger partial charge in [0.25, 0.3) is 0 Å². The molecule has 24 heavy (non-hydrogen) atoms. The second kappa shape index (κ2) is 8.52. The van der Waals surface area contributed by atoms with Gasteiger partial charge in [-0.25, -0.2) is 4.79 Å². The summed E-state index contributed by atoms with van der Waals surface area (Å²) >= 11 is 0. The molecular weight excluding hydrogens is 298 g/mol. The minimum Gasteiger partial charge on any atom is -0.333 e. The maximum Gasteiger partial charge on any atom is 0.318 e. The Bertz CT molecular complexity index is 503. The number of benzene rings is 1. The van der Waals surface area contributed by atoms with E-state index in [0.717, 1.165) is 18.5 Å². The Morgan fingerprint density at radius 1 is 1.00 bits per heavy atom. The van der Waals surface area contributed by atoms with Gasteiger partial charge in [-0.15, -0.1) is 0 Å². The number of carbonyl (C=O) groups excluding carboxylic acids is 1. The third-order valence-corrected chi connectivity index (χ3v) is 3.74. The van der Waals surface area contributed by atoms with Gasteiger partial charge in [0.05, 0.1) is 0 Å². The van der Waals surface area contributed by atoms with E-state index in [-0.39, 0.29) is 17.0 Å². The summed E-state index contributed by atoms with van der Waals surface area (Å²) in [7, 11) is 4.06. The van der Waals surface area contributed by atoms with E-state index < -0.39 is 0 Å². The molecule has 1 aromatic carbocycles. The maximum atomic E-state index is 12.9. The Morgan fingerprint density at radius 2 is 1.58 bits per heavy atom. The predicted molar refractivity (Wildman–Crippen MR) is 102 cm³/mol. The molecule has 0 saturated carbocycles. The topological polar surface area (TPSA) is 35.6 Å². The van der Waals surface area contributed by atoms with Crippen LogP contribution in [0.3, 0.4) is 0 Å². The molecule has 1 rings (SSSR count). The molecule has 1 aromatic rings. The van der Waals surface area contributed by atoms with E-state index in [9.17, 15) is 4.79 Å². The van der Waals surface area contributed by atoms with Crippen LogP contribution in [-0.2, 0) is 6.54 Å². The van der Waals surface area contributed by atoms with Gasteiger partial charge >= 0.3 is 6.03 Å². The first kappa shape index (κ1) is 20.5. The molecule has 4 heteroatoms. The van der Waals surface area contributed by atoms with Crippen LogP contribution in [0.15, 0.2) is 30.3 Å². The Hall–Kier alpha value is -1.55. The van der Waals surface area contributed by atoms with Crippen LogP contribution in [0.4, 0.5) is 4.79 Å². The fourth-order valence-electron chi connectivity index (χ4n) is 3.12. The van der Waals surface area contributed by atoms with E-state index in [2.05, 4.69) is 57.0 Å². The zero-order chi connectivity index (χ0) is 18.4. The van der Waals surface area contributed by atoms with Crippen LogP contribution in [0.5, 0.6) is 0 Å². The third-order valence-electron chi connectivity index (χ3n) is 3.74. The van der Waals surface area contributed by atoms with Gasteiger partial charge in [-0.3, -0.25) is 0 Å². The largest absolute Gasteiger partial charge is 0.333 e. The van der Waals surface area contributed by atoms with Gasteiger partial charge in [0.2, 0.25) is 0 Å². The molecule has 0 aromatic heterocycles. The normalized spacial score (nSPS) is 12.3. The highest BCUT2D eigenvalue weighted by atomic mass is 16.2. The van der Waals surface area contributed by atoms with Crippen LogP contribution in [0, 0.1) is 5.41 Å². The summed E-state index contributed by atoms with van der Waals surface area (Å²) in [6.45, 7) is 13.0. The van der Waals surface area contributed by atoms with Crippen molar-refractivity contribution in [1.29, 1.82) is 0 Å². The number of likely N-dealkylation sites (N-methyl/N-ethyl adjacent to an activating group) is 1. The minimum absolute atomic E-state index is 0.00922. The summed E-state index contributed by atoms with van der Waals surface area (Å²) in [5, 5.41) is 3.23. The van der Waals surface area contributed by atoms with Crippen molar-refractivity contribution in [3.63, 3.8) is 0 Å². The summed E-state index contributed by atoms with van der Waals surface area (Å²) in [6, 6.07) is 10.2. The fraction of sp³-hybridized carbons (Fsp3) is 0.650. The zero-order valence-electron chi connectivity index (χ0n) is 16.5. The SMILES string of the molecule is CN(C)CCN(Cc1ccccc1)C(=O)NC(C)(C)CC(C)(C)C. The van der Waals surface area contributed by atoms with Crippen molar-refractivity contribution < 1.29 is 4.79 Å². The van der Waals surface area contributed by atoms with E-state index in [0.29, 0.717) is 13.1 Å². The van der Waals surface area contributed by atoms with Gasteiger partial charge in [0.15, 0.2) is 0 Å². The van der Waals surface area contributed by atoms with E-state index in [1.54, 1.807) is 0 Å². The van der Waals surface area contributed by atoms with E-state index in [4.69, 9.17) is 0 Å². The second-order valence-corrected chi connectivity index (χ2v) is 8.76. The molecule has 0 unspecified atom stereocenters. The van der Waals surface area contributed by atoms with Crippen molar-refractivity contribution in [3.8, 4) is 0 Å². The van der Waals surface area contributed by atoms with E-state index in [1.807, 2.05) is 37.2 Å². The molecular formula is C20H35N3O. The molecule has 0 atom stereocenters. The molecule has 0 saturated heterocycles. The first-order chi connectivity index (χ1) is 11.0. The predicted octanol–water partition coefficient (Wildman–Crippen LogP) is 3.97. The maximum absolute atomic E-state index is 12.9. The molecule has 4 nitrogen and oxygen atoms in total. The molecule has 1 N–H and O–H groups in total. The van der Waals surface area contributed by atoms with Gasteiger partial charge in [0.1, 0.15) is 0 Å². The standard InChI is InChI=1S/C20H35N3O/c1-19(2,3)16-20(4,5)21-18(24)23(14-13-22(6)7)15-17-11-9-8-10-12-17/h8-12H,13-16H2,1-7H3,(H,21,24). The summed E-state index contributed by atoms with van der Waals surface area (Å²) in [5.41, 5.74) is 1.09. The first-order valence-corrected chi connectivity index (χ1v) is 8.74. The van der Waals surface area contributed by atoms with E-state index >= 15 is 0 Å². The van der Waals surface area contributed by atoms with Crippen LogP contribution in [0.2, 0.25) is 0 Å². The lowest BCUT2D eigenvalue weighted by Crippen LogP contribution is -2.52. The number of urea groups is 1. The summed E-state index contributed by atoms with van der Waals surface area (Å²) in [6.07, 6.45) is 0.929. The molecule has 0 heterocycles. The van der Waals surface area contributed by atoms with Crippen LogP contribution in [0.1, 0.15) is 46.6 Å². The fourth-order valence-corrected chi connectivity index (χ4v) is 3.12. The molecule has 136 valence electrons. The average molecular weight is 334 g/mol. The lowest BCUT2D eigenvalue weighted by Gasteiger charge is -2.35. The average Bonchev–Trinajstić information content (AvgIpc) is 2.40. The van der Waals surface area contributed by atoms with Crippen LogP contribution >= 0.6 is 0 Å². The van der Waals surface area contributed by atoms with Crippen molar-refractivity contribution in [2.75, 3.05) is 27.2 Å². The summed E-state index contributed by atoms with van der Waals surface area (Å²) < 4.78 is 0. The molecule has 0 spiro atoms. The van der Waals surface area contributed by atoms with Crippen molar-refractivity contribution in [1.82, 2.24) is 15.1 Å². The summed E-state index contributed by atoms with van der Waals surface area (Å²) in [4.78, 5) is 16.9. The van der Waals surface area contributed by atoms with Crippen molar-refractivity contribution in [2.24, 2.45) is 5.41 Å². The smallest absolute Gasteiger partial charge is 0.318 e. The van der Waals surface area contributed by atoms with Crippen LogP contribution < -0.4 is 5.32 Å². The number of hydrogen-bond donors (Lipinski definition) is 1. The number of hydrogen-bond acceptors (Lipinski definition) is 2. The molecule has 2 amide bonds. The lowest BCUT2D eigenvalue weighted by atomic mass is 9.82. The zero-order valence-corrected chi connectivity index (χ0v) is 16.5. The second-order valence-electron chi connectivity index (χ2n) is 8.76. The van der Waals surface area contributed by atoms with Gasteiger partial charge in [-0.2, -0.15) is 0 Å². The quantitative estimate of drug-likeness (QED) is 0.819. The summed E-state index contributed by atoms with van der Waals surface area (Å²) in [5.74, 6) is 0. The molecule has 0 aliphatic heterocycles. The number of amides is 2. The number of nitrogens with zero attached hydrogens (tertiary/aromatic N) is 2. The third kappa shape index (κ3) is 8.34. The van der Waals surface area contributed by atoms with Gasteiger partial charge < -0.3 is 15.1 Å². The van der Waals surface area contributed by atoms with Crippen molar-refractivity contribution in [3.05, 3.63) is 35.9 Å². The minimum atomic E-state index is -0.234. The van der Waals surface area contributed by atoms with Crippen molar-refractivity contribution >= 4 is 6.03 Å². The van der Waals surface area contributed by atoms with Crippen LogP contribution in [0.25, 0.3) is 0 Å². The van der Waals surface area contributed by atoms with E-state index in [1.165, 1.54) is 0 Å². The molecule has 0 aliphatic carbocycles. The number of carbonyl (C=O) groups is 1.